The van der Waals surface area contributed by atoms with Crippen molar-refractivity contribution in [1.29, 1.82) is 5.26 Å². The van der Waals surface area contributed by atoms with E-state index in [0.717, 1.165) is 36.6 Å². The van der Waals surface area contributed by atoms with Crippen LogP contribution in [0.3, 0.4) is 0 Å². The molecule has 2 saturated heterocycles. The number of benzene rings is 1. The monoisotopic (exact) mass is 525 g/mol. The Morgan fingerprint density at radius 2 is 2.05 bits per heavy atom. The summed E-state index contributed by atoms with van der Waals surface area (Å²) in [6.45, 7) is 4.54. The number of carbonyl (C=O) groups excluding carboxylic acids is 2. The summed E-state index contributed by atoms with van der Waals surface area (Å²) in [6, 6.07) is 8.33. The summed E-state index contributed by atoms with van der Waals surface area (Å²) in [6.07, 6.45) is 6.02. The van der Waals surface area contributed by atoms with Crippen LogP contribution in [0, 0.1) is 22.7 Å². The zero-order chi connectivity index (χ0) is 26.4. The first kappa shape index (κ1) is 26.0. The van der Waals surface area contributed by atoms with E-state index in [1.807, 2.05) is 36.9 Å². The molecular weight excluding hydrogens is 490 g/mol. The zero-order valence-corrected chi connectivity index (χ0v) is 22.3. The molecule has 3 fully saturated rings. The number of para-hydroxylation sites is 1. The number of nitrogens with one attached hydrogen (secondary N) is 3. The van der Waals surface area contributed by atoms with E-state index < -0.39 is 18.3 Å². The fraction of sp³-hybridized carbons (Fsp3) is 0.607. The number of rotatable bonds is 6. The fourth-order valence-corrected chi connectivity index (χ4v) is 7.02. The van der Waals surface area contributed by atoms with Gasteiger partial charge in [-0.3, -0.25) is 14.5 Å². The third-order valence-electron chi connectivity index (χ3n) is 8.56. The summed E-state index contributed by atoms with van der Waals surface area (Å²) in [5, 5.41) is 28.7. The number of hydrogen-bond acceptors (Lipinski definition) is 5. The number of hydrogen-bond donors (Lipinski definition) is 4. The van der Waals surface area contributed by atoms with Crippen LogP contribution in [-0.4, -0.2) is 51.0 Å². The Bertz CT molecular complexity index is 1230. The van der Waals surface area contributed by atoms with Gasteiger partial charge in [0.2, 0.25) is 11.8 Å². The van der Waals surface area contributed by atoms with Crippen molar-refractivity contribution in [1.82, 2.24) is 20.5 Å². The van der Waals surface area contributed by atoms with E-state index in [0.29, 0.717) is 30.1 Å². The van der Waals surface area contributed by atoms with E-state index in [1.54, 1.807) is 6.07 Å². The van der Waals surface area contributed by atoms with Gasteiger partial charge in [-0.05, 0) is 63.5 Å². The second-order valence-corrected chi connectivity index (χ2v) is 12.4. The fourth-order valence-electron chi connectivity index (χ4n) is 6.79. The van der Waals surface area contributed by atoms with Crippen LogP contribution in [0.25, 0.3) is 10.9 Å². The number of aliphatic hydroxyl groups is 1. The Morgan fingerprint density at radius 1 is 1.30 bits per heavy atom. The lowest BCUT2D eigenvalue weighted by Crippen LogP contribution is -2.48. The number of nitriles is 1. The van der Waals surface area contributed by atoms with Crippen molar-refractivity contribution in [2.24, 2.45) is 11.3 Å². The summed E-state index contributed by atoms with van der Waals surface area (Å²) < 4.78 is 0. The molecule has 1 aromatic heterocycles. The molecule has 1 saturated carbocycles. The van der Waals surface area contributed by atoms with Crippen molar-refractivity contribution < 1.29 is 14.7 Å². The molecule has 2 amide bonds. The average molecular weight is 526 g/mol. The maximum absolute atomic E-state index is 13.6. The smallest absolute Gasteiger partial charge is 0.238 e. The standard InChI is InChI=1S/C28H36ClN5O3/c1-27(2)13-18(24(35)33-27)11-19(15-30)31-25(36)22-14-28(9-4-3-5-10-28)16-34(22)26(37)21-12-17-7-6-8-20(29)23(17)32-21/h6-8,12,18-19,22,26,32,37H,3-5,9-11,13-14,16H2,1-2H3,(H,31,36)(H,33,35). The minimum atomic E-state index is -1.01. The first-order valence-corrected chi connectivity index (χ1v) is 13.7. The third-order valence-corrected chi connectivity index (χ3v) is 8.88. The first-order chi connectivity index (χ1) is 17.6. The maximum atomic E-state index is 13.6. The highest BCUT2D eigenvalue weighted by Crippen LogP contribution is 2.48. The topological polar surface area (TPSA) is 121 Å². The number of amides is 2. The largest absolute Gasteiger partial charge is 0.372 e. The maximum Gasteiger partial charge on any atom is 0.238 e. The second kappa shape index (κ2) is 9.94. The van der Waals surface area contributed by atoms with E-state index >= 15 is 0 Å². The predicted molar refractivity (Wildman–Crippen MR) is 141 cm³/mol. The average Bonchev–Trinajstić information content (AvgIpc) is 3.52. The van der Waals surface area contributed by atoms with Crippen molar-refractivity contribution in [2.75, 3.05) is 6.54 Å². The molecule has 5 rings (SSSR count). The van der Waals surface area contributed by atoms with Crippen LogP contribution < -0.4 is 10.6 Å². The van der Waals surface area contributed by atoms with E-state index in [1.165, 1.54) is 6.42 Å². The zero-order valence-electron chi connectivity index (χ0n) is 21.5. The molecule has 9 heteroatoms. The highest BCUT2D eigenvalue weighted by atomic mass is 35.5. The molecule has 0 bridgehead atoms. The summed E-state index contributed by atoms with van der Waals surface area (Å²) in [5.41, 5.74) is 1.01. The number of likely N-dealkylation sites (tertiary alicyclic amines) is 1. The quantitative estimate of drug-likeness (QED) is 0.451. The number of halogens is 1. The summed E-state index contributed by atoms with van der Waals surface area (Å²) in [7, 11) is 0. The molecule has 1 aromatic carbocycles. The lowest BCUT2D eigenvalue weighted by Gasteiger charge is -2.34. The van der Waals surface area contributed by atoms with Crippen molar-refractivity contribution in [2.45, 2.75) is 89.1 Å². The van der Waals surface area contributed by atoms with Gasteiger partial charge < -0.3 is 20.7 Å². The minimum absolute atomic E-state index is 0.0254. The number of fused-ring (bicyclic) bond motifs is 1. The van der Waals surface area contributed by atoms with Gasteiger partial charge in [0, 0.05) is 23.4 Å². The van der Waals surface area contributed by atoms with Gasteiger partial charge in [0.25, 0.3) is 0 Å². The summed E-state index contributed by atoms with van der Waals surface area (Å²) in [4.78, 5) is 31.2. The van der Waals surface area contributed by atoms with Gasteiger partial charge in [-0.15, -0.1) is 0 Å². The summed E-state index contributed by atoms with van der Waals surface area (Å²) in [5.74, 6) is -0.651. The van der Waals surface area contributed by atoms with Crippen molar-refractivity contribution in [3.8, 4) is 6.07 Å². The van der Waals surface area contributed by atoms with Crippen molar-refractivity contribution in [3.05, 3.63) is 35.0 Å². The Kier molecular flexibility index (Phi) is 6.99. The van der Waals surface area contributed by atoms with Gasteiger partial charge in [0.1, 0.15) is 12.3 Å². The molecule has 2 aromatic rings. The number of carbonyl (C=O) groups is 2. The number of H-pyrrole nitrogens is 1. The number of aromatic amines is 1. The SMILES string of the molecule is CC1(C)CC(CC(C#N)NC(=O)C2CC3(CCCCC3)CN2C(O)c2cc3cccc(Cl)c3[nH]2)C(=O)N1. The molecule has 4 unspecified atom stereocenters. The van der Waals surface area contributed by atoms with Crippen molar-refractivity contribution in [3.63, 3.8) is 0 Å². The molecule has 8 nitrogen and oxygen atoms in total. The first-order valence-electron chi connectivity index (χ1n) is 13.3. The highest BCUT2D eigenvalue weighted by Gasteiger charge is 2.50. The molecule has 1 spiro atoms. The molecule has 198 valence electrons. The van der Waals surface area contributed by atoms with E-state index in [-0.39, 0.29) is 35.1 Å². The number of aliphatic hydroxyl groups excluding tert-OH is 1. The molecule has 37 heavy (non-hydrogen) atoms. The van der Waals surface area contributed by atoms with Crippen LogP contribution in [-0.2, 0) is 9.59 Å². The molecule has 2 aliphatic heterocycles. The molecule has 4 atom stereocenters. The molecule has 4 N–H and O–H groups in total. The molecule has 3 heterocycles. The van der Waals surface area contributed by atoms with E-state index in [9.17, 15) is 20.0 Å². The van der Waals surface area contributed by atoms with Gasteiger partial charge in [-0.1, -0.05) is 43.0 Å². The Morgan fingerprint density at radius 3 is 2.70 bits per heavy atom. The number of aromatic nitrogens is 1. The second-order valence-electron chi connectivity index (χ2n) is 12.0. The van der Waals surface area contributed by atoms with Crippen LogP contribution in [0.5, 0.6) is 0 Å². The van der Waals surface area contributed by atoms with Gasteiger partial charge >= 0.3 is 0 Å². The normalized spacial score (nSPS) is 26.6. The van der Waals surface area contributed by atoms with E-state index in [4.69, 9.17) is 11.6 Å². The van der Waals surface area contributed by atoms with E-state index in [2.05, 4.69) is 21.7 Å². The van der Waals surface area contributed by atoms with Crippen LogP contribution >= 0.6 is 11.6 Å². The van der Waals surface area contributed by atoms with Crippen LogP contribution in [0.15, 0.2) is 24.3 Å². The van der Waals surface area contributed by atoms with Gasteiger partial charge in [0.15, 0.2) is 0 Å². The van der Waals surface area contributed by atoms with Gasteiger partial charge in [-0.2, -0.15) is 5.26 Å². The van der Waals surface area contributed by atoms with Gasteiger partial charge in [0.05, 0.1) is 28.3 Å². The van der Waals surface area contributed by atoms with Crippen LogP contribution in [0.1, 0.15) is 77.1 Å². The molecular formula is C28H36ClN5O3. The predicted octanol–water partition coefficient (Wildman–Crippen LogP) is 4.15. The van der Waals surface area contributed by atoms with Gasteiger partial charge in [-0.25, -0.2) is 0 Å². The number of nitrogens with zero attached hydrogens (tertiary/aromatic N) is 2. The van der Waals surface area contributed by atoms with Crippen LogP contribution in [0.4, 0.5) is 0 Å². The third kappa shape index (κ3) is 5.22. The van der Waals surface area contributed by atoms with Crippen LogP contribution in [0.2, 0.25) is 5.02 Å². The Hall–Kier alpha value is -2.60. The Balaban J connectivity index is 1.36. The molecule has 1 aliphatic carbocycles. The highest BCUT2D eigenvalue weighted by molar-refractivity contribution is 6.35. The lowest BCUT2D eigenvalue weighted by atomic mass is 9.72. The molecule has 0 radical (unpaired) electrons. The minimum Gasteiger partial charge on any atom is -0.372 e. The lowest BCUT2D eigenvalue weighted by molar-refractivity contribution is -0.130. The molecule has 3 aliphatic rings. The van der Waals surface area contributed by atoms with Crippen molar-refractivity contribution >= 4 is 34.3 Å². The summed E-state index contributed by atoms with van der Waals surface area (Å²) >= 11 is 6.35. The Labute approximate surface area is 222 Å².